The molecule has 12 heteroatoms. The minimum atomic E-state index is -0.905. The SMILES string of the molecule is COc1c(CN2O[C@@H](CO)[C@@H]([C@H](C)O)[C@H]2C(=O)N[C@H]2C[C@H]3C[C@@H]([C@@H]2C)C3(C)C)cccc1-c1cc(N(C)C)cc(C(=O)N[C@H](CN(C)C)CC(C)(C)C)c1Br. The van der Waals surface area contributed by atoms with Crippen molar-refractivity contribution in [2.75, 3.05) is 53.4 Å². The van der Waals surface area contributed by atoms with Crippen LogP contribution in [0.4, 0.5) is 5.69 Å². The third kappa shape index (κ3) is 9.20. The summed E-state index contributed by atoms with van der Waals surface area (Å²) in [5, 5.41) is 29.7. The van der Waals surface area contributed by atoms with Crippen LogP contribution in [0.25, 0.3) is 11.1 Å². The van der Waals surface area contributed by atoms with E-state index in [1.54, 1.807) is 19.1 Å². The van der Waals surface area contributed by atoms with E-state index >= 15 is 0 Å². The predicted molar refractivity (Wildman–Crippen MR) is 222 cm³/mol. The maximum atomic E-state index is 14.3. The molecule has 3 saturated carbocycles. The molecule has 3 aliphatic carbocycles. The van der Waals surface area contributed by atoms with Crippen molar-refractivity contribution in [3.63, 3.8) is 0 Å². The number of benzene rings is 2. The molecule has 4 N–H and O–H groups in total. The fourth-order valence-corrected chi connectivity index (χ4v) is 10.3. The number of hydrogen-bond donors (Lipinski definition) is 4. The number of methoxy groups -OCH3 is 1. The summed E-state index contributed by atoms with van der Waals surface area (Å²) in [5.41, 5.74) is 3.93. The molecule has 55 heavy (non-hydrogen) atoms. The summed E-state index contributed by atoms with van der Waals surface area (Å²) in [7, 11) is 9.52. The van der Waals surface area contributed by atoms with Crippen LogP contribution in [0.3, 0.4) is 0 Å². The van der Waals surface area contributed by atoms with E-state index in [0.717, 1.165) is 35.2 Å². The number of hydroxylamine groups is 2. The zero-order valence-electron chi connectivity index (χ0n) is 35.1. The van der Waals surface area contributed by atoms with Crippen LogP contribution in [0, 0.1) is 34.5 Å². The second-order valence-electron chi connectivity index (χ2n) is 18.7. The third-order valence-corrected chi connectivity index (χ3v) is 13.4. The highest BCUT2D eigenvalue weighted by Crippen LogP contribution is 2.61. The zero-order chi connectivity index (χ0) is 40.7. The van der Waals surface area contributed by atoms with E-state index in [-0.39, 0.29) is 47.9 Å². The first-order chi connectivity index (χ1) is 25.7. The van der Waals surface area contributed by atoms with Gasteiger partial charge in [0.1, 0.15) is 17.9 Å². The lowest BCUT2D eigenvalue weighted by molar-refractivity contribution is -0.183. The number of nitrogens with zero attached hydrogens (tertiary/aromatic N) is 3. The zero-order valence-corrected chi connectivity index (χ0v) is 36.7. The Bertz CT molecular complexity index is 1690. The molecule has 2 aromatic rings. The van der Waals surface area contributed by atoms with Crippen molar-refractivity contribution >= 4 is 33.4 Å². The molecule has 2 bridgehead atoms. The van der Waals surface area contributed by atoms with Crippen molar-refractivity contribution < 1.29 is 29.4 Å². The number of anilines is 1. The Morgan fingerprint density at radius 2 is 1.82 bits per heavy atom. The van der Waals surface area contributed by atoms with Crippen molar-refractivity contribution in [3.8, 4) is 16.9 Å². The molecule has 0 radical (unpaired) electrons. The van der Waals surface area contributed by atoms with Crippen LogP contribution in [0.2, 0.25) is 0 Å². The standard InChI is InChI=1S/C43H66BrN5O6/c1-24-33-16-27(43(33,6)7)17-34(24)46-41(53)38-36(25(2)51)35(23-50)55-49(38)21-26-14-13-15-30(39(26)54-12)31-18-29(48(10)11)19-32(37(31)44)40(52)45-28(22-47(8)9)20-42(3,4)5/h13-15,18-19,24-25,27-28,33-36,38,50-51H,16-17,20-23H2,1-12H3,(H,45,52)(H,46,53)/t24-,25-,27+,28-,33-,34-,35-,36+,38-/m0/s1. The summed E-state index contributed by atoms with van der Waals surface area (Å²) in [4.78, 5) is 38.8. The molecule has 11 nitrogen and oxygen atoms in total. The highest BCUT2D eigenvalue weighted by atomic mass is 79.9. The lowest BCUT2D eigenvalue weighted by Crippen LogP contribution is -2.62. The van der Waals surface area contributed by atoms with Crippen LogP contribution in [0.15, 0.2) is 34.8 Å². The van der Waals surface area contributed by atoms with E-state index in [1.165, 1.54) is 6.42 Å². The Morgan fingerprint density at radius 3 is 2.36 bits per heavy atom. The lowest BCUT2D eigenvalue weighted by Gasteiger charge is -2.62. The van der Waals surface area contributed by atoms with E-state index < -0.39 is 24.2 Å². The van der Waals surface area contributed by atoms with Gasteiger partial charge in [0.2, 0.25) is 5.91 Å². The molecule has 0 spiro atoms. The number of hydrogen-bond acceptors (Lipinski definition) is 9. The van der Waals surface area contributed by atoms with Gasteiger partial charge in [0.15, 0.2) is 0 Å². The Hall–Kier alpha value is -2.74. The smallest absolute Gasteiger partial charge is 0.252 e. The summed E-state index contributed by atoms with van der Waals surface area (Å²) in [5.74, 6) is 0.993. The summed E-state index contributed by atoms with van der Waals surface area (Å²) in [6.45, 7) is 15.6. The first kappa shape index (κ1) is 43.4. The first-order valence-corrected chi connectivity index (χ1v) is 20.6. The minimum absolute atomic E-state index is 0.0204. The maximum Gasteiger partial charge on any atom is 0.252 e. The van der Waals surface area contributed by atoms with Crippen molar-refractivity contribution in [1.29, 1.82) is 0 Å². The summed E-state index contributed by atoms with van der Waals surface area (Å²) >= 11 is 3.83. The van der Waals surface area contributed by atoms with E-state index in [9.17, 15) is 19.8 Å². The highest BCUT2D eigenvalue weighted by Gasteiger charge is 2.57. The van der Waals surface area contributed by atoms with Gasteiger partial charge in [0.05, 0.1) is 31.9 Å². The number of likely N-dealkylation sites (N-methyl/N-ethyl adjacent to an activating group) is 1. The van der Waals surface area contributed by atoms with E-state index in [1.807, 2.05) is 63.4 Å². The van der Waals surface area contributed by atoms with Gasteiger partial charge in [-0.05, 0) is 96.9 Å². The van der Waals surface area contributed by atoms with Crippen LogP contribution in [0.1, 0.15) is 83.7 Å². The number of halogens is 1. The molecule has 1 aliphatic heterocycles. The van der Waals surface area contributed by atoms with Crippen LogP contribution in [-0.4, -0.2) is 111 Å². The Balaban J connectivity index is 1.48. The van der Waals surface area contributed by atoms with Crippen molar-refractivity contribution in [3.05, 3.63) is 45.9 Å². The molecule has 2 amide bonds. The lowest BCUT2D eigenvalue weighted by atomic mass is 9.45. The number of carbonyl (C=O) groups is 2. The predicted octanol–water partition coefficient (Wildman–Crippen LogP) is 5.95. The first-order valence-electron chi connectivity index (χ1n) is 19.8. The Kier molecular flexibility index (Phi) is 13.4. The number of nitrogens with one attached hydrogen (secondary N) is 2. The summed E-state index contributed by atoms with van der Waals surface area (Å²) < 4.78 is 6.77. The normalized spacial score (nSPS) is 27.3. The van der Waals surface area contributed by atoms with Crippen LogP contribution in [-0.2, 0) is 16.2 Å². The molecule has 1 saturated heterocycles. The Morgan fingerprint density at radius 1 is 1.13 bits per heavy atom. The molecular formula is C43H66BrN5O6. The summed E-state index contributed by atoms with van der Waals surface area (Å²) in [6, 6.07) is 8.87. The van der Waals surface area contributed by atoms with Crippen molar-refractivity contribution in [1.82, 2.24) is 20.6 Å². The second kappa shape index (κ2) is 17.0. The molecule has 306 valence electrons. The van der Waals surface area contributed by atoms with Gasteiger partial charge < -0.3 is 35.4 Å². The highest BCUT2D eigenvalue weighted by molar-refractivity contribution is 9.10. The van der Waals surface area contributed by atoms with Gasteiger partial charge in [-0.2, -0.15) is 5.06 Å². The number of aliphatic hydroxyl groups is 2. The number of fused-ring (bicyclic) bond motifs is 2. The average molecular weight is 829 g/mol. The minimum Gasteiger partial charge on any atom is -0.496 e. The maximum absolute atomic E-state index is 14.3. The van der Waals surface area contributed by atoms with Crippen LogP contribution < -0.4 is 20.3 Å². The number of aliphatic hydroxyl groups excluding tert-OH is 2. The van der Waals surface area contributed by atoms with Crippen LogP contribution in [0.5, 0.6) is 5.75 Å². The van der Waals surface area contributed by atoms with Gasteiger partial charge in [0.25, 0.3) is 5.91 Å². The topological polar surface area (TPSA) is 127 Å². The fourth-order valence-electron chi connectivity index (χ4n) is 9.65. The fraction of sp³-hybridized carbons (Fsp3) is 0.674. The molecular weight excluding hydrogens is 762 g/mol. The van der Waals surface area contributed by atoms with E-state index in [2.05, 4.69) is 73.0 Å². The number of amides is 2. The monoisotopic (exact) mass is 827 g/mol. The van der Waals surface area contributed by atoms with Crippen molar-refractivity contribution in [2.45, 2.75) is 105 Å². The summed E-state index contributed by atoms with van der Waals surface area (Å²) in [6.07, 6.45) is 1.27. The molecule has 2 aromatic carbocycles. The average Bonchev–Trinajstić information content (AvgIpc) is 3.46. The van der Waals surface area contributed by atoms with Gasteiger partial charge in [-0.1, -0.05) is 59.7 Å². The van der Waals surface area contributed by atoms with Gasteiger partial charge in [-0.3, -0.25) is 14.4 Å². The van der Waals surface area contributed by atoms with Gasteiger partial charge in [-0.15, -0.1) is 0 Å². The van der Waals surface area contributed by atoms with Gasteiger partial charge in [0, 0.05) is 65.5 Å². The number of rotatable bonds is 14. The van der Waals surface area contributed by atoms with E-state index in [4.69, 9.17) is 9.57 Å². The molecule has 9 atom stereocenters. The molecule has 0 aromatic heterocycles. The quantitative estimate of drug-likeness (QED) is 0.183. The van der Waals surface area contributed by atoms with Gasteiger partial charge in [-0.25, -0.2) is 0 Å². The van der Waals surface area contributed by atoms with Crippen LogP contribution >= 0.6 is 15.9 Å². The largest absolute Gasteiger partial charge is 0.496 e. The number of para-hydroxylation sites is 1. The van der Waals surface area contributed by atoms with Crippen molar-refractivity contribution in [2.24, 2.45) is 34.5 Å². The Labute approximate surface area is 337 Å². The van der Waals surface area contributed by atoms with Gasteiger partial charge >= 0.3 is 0 Å². The molecule has 1 heterocycles. The number of ether oxygens (including phenoxy) is 1. The molecule has 4 fully saturated rings. The van der Waals surface area contributed by atoms with E-state index in [0.29, 0.717) is 40.1 Å². The third-order valence-electron chi connectivity index (χ3n) is 12.6. The second-order valence-corrected chi connectivity index (χ2v) is 19.5. The number of carbonyl (C=O) groups excluding carboxylic acids is 2. The molecule has 6 rings (SSSR count). The molecule has 0 unspecified atom stereocenters. The molecule has 4 aliphatic rings.